The number of carboxylic acids is 1. The molecule has 0 unspecified atom stereocenters. The van der Waals surface area contributed by atoms with Crippen molar-refractivity contribution < 1.29 is 49.5 Å². The Morgan fingerprint density at radius 1 is 1.02 bits per heavy atom. The predicted molar refractivity (Wildman–Crippen MR) is 170 cm³/mol. The van der Waals surface area contributed by atoms with E-state index in [0.29, 0.717) is 48.3 Å². The number of nitrogens with zero attached hydrogens (tertiary/aromatic N) is 2. The van der Waals surface area contributed by atoms with E-state index >= 15 is 0 Å². The summed E-state index contributed by atoms with van der Waals surface area (Å²) in [6.45, 7) is 5.53. The predicted octanol–water partition coefficient (Wildman–Crippen LogP) is 6.16. The van der Waals surface area contributed by atoms with Crippen molar-refractivity contribution in [2.24, 2.45) is 11.8 Å². The fraction of sp³-hybridized carbons (Fsp3) is 0.485. The highest BCUT2D eigenvalue weighted by Crippen LogP contribution is 2.36. The van der Waals surface area contributed by atoms with Crippen molar-refractivity contribution in [1.29, 1.82) is 0 Å². The van der Waals surface area contributed by atoms with Crippen LogP contribution in [-0.4, -0.2) is 78.4 Å². The number of carbonyl (C=O) groups is 2. The topological polar surface area (TPSA) is 129 Å². The Labute approximate surface area is 280 Å². The SMILES string of the molecule is CC(C)CN[C@@H]1CC[C@H](N2CC[C@H](Nc3ccnc4ccc(C(F)(F)F)cc34)C2=O)[C@H](CS(=O)(=O)c2ccccc2)C1.O=C(O)C(F)(F)F. The highest BCUT2D eigenvalue weighted by atomic mass is 32.2. The van der Waals surface area contributed by atoms with Crippen LogP contribution in [-0.2, 0) is 25.6 Å². The van der Waals surface area contributed by atoms with E-state index in [2.05, 4.69) is 29.5 Å². The second kappa shape index (κ2) is 15.3. The summed E-state index contributed by atoms with van der Waals surface area (Å²) in [5.41, 5.74) is 0.0283. The van der Waals surface area contributed by atoms with Gasteiger partial charge >= 0.3 is 18.3 Å². The van der Waals surface area contributed by atoms with Crippen LogP contribution >= 0.6 is 0 Å². The van der Waals surface area contributed by atoms with Crippen LogP contribution in [0.25, 0.3) is 10.9 Å². The highest BCUT2D eigenvalue weighted by molar-refractivity contribution is 7.91. The van der Waals surface area contributed by atoms with Crippen molar-refractivity contribution in [3.63, 3.8) is 0 Å². The summed E-state index contributed by atoms with van der Waals surface area (Å²) in [5.74, 6) is -2.77. The number of anilines is 1. The highest BCUT2D eigenvalue weighted by Gasteiger charge is 2.43. The van der Waals surface area contributed by atoms with Crippen molar-refractivity contribution in [2.75, 3.05) is 24.2 Å². The van der Waals surface area contributed by atoms with Gasteiger partial charge in [-0.05, 0) is 80.5 Å². The average molecular weight is 717 g/mol. The normalized spacial score (nSPS) is 21.8. The number of nitrogens with one attached hydrogen (secondary N) is 2. The van der Waals surface area contributed by atoms with E-state index in [1.165, 1.54) is 12.3 Å². The average Bonchev–Trinajstić information content (AvgIpc) is 3.38. The molecule has 1 saturated carbocycles. The summed E-state index contributed by atoms with van der Waals surface area (Å²) < 4.78 is 98.8. The first-order valence-corrected chi connectivity index (χ1v) is 17.4. The first kappa shape index (κ1) is 37.9. The zero-order valence-electron chi connectivity index (χ0n) is 26.8. The van der Waals surface area contributed by atoms with E-state index in [1.54, 1.807) is 41.3 Å². The maximum atomic E-state index is 13.8. The molecule has 3 aromatic rings. The number of aliphatic carboxylic acids is 1. The number of benzene rings is 2. The monoisotopic (exact) mass is 716 g/mol. The Morgan fingerprint density at radius 2 is 1.69 bits per heavy atom. The molecule has 3 N–H and O–H groups in total. The van der Waals surface area contributed by atoms with Gasteiger partial charge < -0.3 is 20.6 Å². The fourth-order valence-electron chi connectivity index (χ4n) is 6.23. The van der Waals surface area contributed by atoms with Crippen molar-refractivity contribution in [2.45, 2.75) is 74.9 Å². The maximum absolute atomic E-state index is 13.8. The van der Waals surface area contributed by atoms with Crippen LogP contribution in [0.2, 0.25) is 0 Å². The third-order valence-electron chi connectivity index (χ3n) is 8.57. The molecule has 2 fully saturated rings. The van der Waals surface area contributed by atoms with Gasteiger partial charge in [0.15, 0.2) is 9.84 Å². The molecule has 1 amide bonds. The quantitative estimate of drug-likeness (QED) is 0.225. The third-order valence-corrected chi connectivity index (χ3v) is 10.4. The van der Waals surface area contributed by atoms with Crippen LogP contribution in [0.15, 0.2) is 65.7 Å². The lowest BCUT2D eigenvalue weighted by Crippen LogP contribution is -2.51. The summed E-state index contributed by atoms with van der Waals surface area (Å²) >= 11 is 0. The zero-order chi connectivity index (χ0) is 36.1. The van der Waals surface area contributed by atoms with Crippen LogP contribution in [0.3, 0.4) is 0 Å². The number of alkyl halides is 6. The number of pyridine rings is 1. The van der Waals surface area contributed by atoms with Crippen LogP contribution < -0.4 is 10.6 Å². The molecule has 2 heterocycles. The number of carboxylic acid groups (broad SMARTS) is 1. The van der Waals surface area contributed by atoms with Gasteiger partial charge in [0.05, 0.1) is 21.7 Å². The summed E-state index contributed by atoms with van der Waals surface area (Å²) in [7, 11) is -3.58. The van der Waals surface area contributed by atoms with E-state index in [-0.39, 0.29) is 34.6 Å². The smallest absolute Gasteiger partial charge is 0.475 e. The summed E-state index contributed by atoms with van der Waals surface area (Å²) in [6, 6.07) is 12.6. The van der Waals surface area contributed by atoms with E-state index in [4.69, 9.17) is 9.90 Å². The number of amides is 1. The minimum absolute atomic E-state index is 0.0569. The first-order chi connectivity index (χ1) is 22.9. The standard InChI is InChI=1S/C31H37F3N4O3S.C2HF3O2/c1-20(2)18-36-23-9-11-29(21(16-23)19-42(40,41)24-6-4-3-5-7-24)38-15-13-28(30(38)39)37-27-12-14-35-26-10-8-22(17-25(26)27)31(32,33)34;3-2(4,5)1(6)7/h3-8,10,12,14,17,20-21,23,28-29,36H,9,11,13,15-16,18-19H2,1-2H3,(H,35,37);(H,6,7)/t21-,23+,28-,29-;/m0./s1. The molecule has 16 heteroatoms. The van der Waals surface area contributed by atoms with Crippen molar-refractivity contribution in [3.05, 3.63) is 66.4 Å². The molecule has 2 aromatic carbocycles. The summed E-state index contributed by atoms with van der Waals surface area (Å²) in [5, 5.41) is 14.2. The molecule has 49 heavy (non-hydrogen) atoms. The molecular weight excluding hydrogens is 678 g/mol. The van der Waals surface area contributed by atoms with Crippen LogP contribution in [0.4, 0.5) is 32.0 Å². The molecule has 1 aliphatic heterocycles. The van der Waals surface area contributed by atoms with Crippen LogP contribution in [0, 0.1) is 11.8 Å². The first-order valence-electron chi connectivity index (χ1n) is 15.7. The lowest BCUT2D eigenvalue weighted by atomic mass is 9.81. The number of sulfone groups is 1. The lowest BCUT2D eigenvalue weighted by molar-refractivity contribution is -0.192. The minimum Gasteiger partial charge on any atom is -0.475 e. The Bertz CT molecular complexity index is 1720. The molecule has 0 radical (unpaired) electrons. The van der Waals surface area contributed by atoms with Gasteiger partial charge in [-0.1, -0.05) is 32.0 Å². The van der Waals surface area contributed by atoms with Gasteiger partial charge in [-0.15, -0.1) is 0 Å². The molecule has 268 valence electrons. The number of rotatable bonds is 9. The van der Waals surface area contributed by atoms with Gasteiger partial charge in [-0.3, -0.25) is 9.78 Å². The largest absolute Gasteiger partial charge is 0.490 e. The van der Waals surface area contributed by atoms with Gasteiger partial charge in [-0.2, -0.15) is 26.3 Å². The Kier molecular flexibility index (Phi) is 11.8. The van der Waals surface area contributed by atoms with Crippen molar-refractivity contribution >= 4 is 38.3 Å². The van der Waals surface area contributed by atoms with Gasteiger partial charge in [0.2, 0.25) is 5.91 Å². The Balaban J connectivity index is 0.000000698. The number of aromatic nitrogens is 1. The second-order valence-corrected chi connectivity index (χ2v) is 14.7. The van der Waals surface area contributed by atoms with Crippen LogP contribution in [0.5, 0.6) is 0 Å². The maximum Gasteiger partial charge on any atom is 0.490 e. The third kappa shape index (κ3) is 9.84. The minimum atomic E-state index is -5.08. The Morgan fingerprint density at radius 3 is 2.31 bits per heavy atom. The molecule has 2 aliphatic rings. The number of hydrogen-bond donors (Lipinski definition) is 3. The van der Waals surface area contributed by atoms with Gasteiger partial charge in [-0.25, -0.2) is 13.2 Å². The lowest BCUT2D eigenvalue weighted by Gasteiger charge is -2.41. The van der Waals surface area contributed by atoms with Crippen molar-refractivity contribution in [1.82, 2.24) is 15.2 Å². The van der Waals surface area contributed by atoms with Crippen LogP contribution in [0.1, 0.15) is 45.1 Å². The van der Waals surface area contributed by atoms with Gasteiger partial charge in [0, 0.05) is 35.9 Å². The molecular formula is C33H38F6N4O5S. The Hall–Kier alpha value is -3.92. The van der Waals surface area contributed by atoms with E-state index < -0.39 is 39.8 Å². The molecule has 1 aromatic heterocycles. The molecule has 9 nitrogen and oxygen atoms in total. The molecule has 0 bridgehead atoms. The van der Waals surface area contributed by atoms with E-state index in [1.807, 2.05) is 0 Å². The number of likely N-dealkylation sites (tertiary alicyclic amines) is 1. The molecule has 5 rings (SSSR count). The summed E-state index contributed by atoms with van der Waals surface area (Å²) in [4.78, 5) is 28.9. The van der Waals surface area contributed by atoms with E-state index in [0.717, 1.165) is 25.1 Å². The van der Waals surface area contributed by atoms with Gasteiger partial charge in [0.1, 0.15) is 6.04 Å². The number of hydrogen-bond acceptors (Lipinski definition) is 7. The second-order valence-electron chi connectivity index (χ2n) is 12.6. The molecule has 1 aliphatic carbocycles. The number of fused-ring (bicyclic) bond motifs is 1. The molecule has 1 saturated heterocycles. The van der Waals surface area contributed by atoms with Crippen molar-refractivity contribution in [3.8, 4) is 0 Å². The fourth-order valence-corrected chi connectivity index (χ4v) is 7.92. The zero-order valence-corrected chi connectivity index (χ0v) is 27.6. The number of carbonyl (C=O) groups excluding carboxylic acids is 1. The molecule has 4 atom stereocenters. The number of halogens is 6. The molecule has 0 spiro atoms. The summed E-state index contributed by atoms with van der Waals surface area (Å²) in [6.07, 6.45) is -5.47. The van der Waals surface area contributed by atoms with E-state index in [9.17, 15) is 39.6 Å². The van der Waals surface area contributed by atoms with Gasteiger partial charge in [0.25, 0.3) is 0 Å².